The molecule has 2 aromatic rings. The van der Waals surface area contributed by atoms with Crippen LogP contribution in [0.5, 0.6) is 11.5 Å². The highest BCUT2D eigenvalue weighted by atomic mass is 32.1. The molecule has 1 aliphatic rings. The Balaban J connectivity index is 2.15. The summed E-state index contributed by atoms with van der Waals surface area (Å²) in [7, 11) is 0. The molecule has 0 saturated heterocycles. The van der Waals surface area contributed by atoms with E-state index in [0.717, 1.165) is 41.2 Å². The fraction of sp³-hybridized carbons (Fsp3) is 0.429. The zero-order valence-corrected chi connectivity index (χ0v) is 12.2. The molecule has 2 heterocycles. The summed E-state index contributed by atoms with van der Waals surface area (Å²) in [5, 5.41) is 0. The minimum Gasteiger partial charge on any atom is -0.486 e. The number of thiocarbonyl (C=S) groups is 1. The van der Waals surface area contributed by atoms with Crippen molar-refractivity contribution in [2.75, 3.05) is 13.2 Å². The Morgan fingerprint density at radius 3 is 2.70 bits per heavy atom. The molecule has 20 heavy (non-hydrogen) atoms. The maximum Gasteiger partial charge on any atom is 0.163 e. The van der Waals surface area contributed by atoms with Crippen LogP contribution in [0.25, 0.3) is 11.0 Å². The molecule has 2 N–H and O–H groups in total. The van der Waals surface area contributed by atoms with Crippen LogP contribution in [0.3, 0.4) is 0 Å². The highest BCUT2D eigenvalue weighted by Gasteiger charge is 2.18. The largest absolute Gasteiger partial charge is 0.486 e. The van der Waals surface area contributed by atoms with Crippen LogP contribution < -0.4 is 15.2 Å². The number of nitrogens with zero attached hydrogens (tertiary/aromatic N) is 2. The lowest BCUT2D eigenvalue weighted by atomic mass is 10.2. The van der Waals surface area contributed by atoms with Crippen molar-refractivity contribution >= 4 is 28.2 Å². The molecule has 1 aliphatic heterocycles. The summed E-state index contributed by atoms with van der Waals surface area (Å²) in [6.07, 6.45) is 1.91. The number of benzene rings is 1. The Kier molecular flexibility index (Phi) is 3.48. The number of aryl methyl sites for hydroxylation is 1. The van der Waals surface area contributed by atoms with Gasteiger partial charge < -0.3 is 19.8 Å². The van der Waals surface area contributed by atoms with Gasteiger partial charge >= 0.3 is 0 Å². The Bertz CT molecular complexity index is 666. The van der Waals surface area contributed by atoms with E-state index in [1.54, 1.807) is 0 Å². The lowest BCUT2D eigenvalue weighted by molar-refractivity contribution is 0.172. The molecule has 106 valence electrons. The zero-order valence-electron chi connectivity index (χ0n) is 11.4. The molecule has 1 aromatic heterocycles. The lowest BCUT2D eigenvalue weighted by Crippen LogP contribution is -2.18. The van der Waals surface area contributed by atoms with Gasteiger partial charge in [0.25, 0.3) is 0 Å². The molecule has 0 amide bonds. The van der Waals surface area contributed by atoms with Crippen molar-refractivity contribution in [2.45, 2.75) is 26.3 Å². The van der Waals surface area contributed by atoms with Crippen LogP contribution in [0.2, 0.25) is 0 Å². The molecule has 6 heteroatoms. The van der Waals surface area contributed by atoms with Crippen molar-refractivity contribution in [3.63, 3.8) is 0 Å². The van der Waals surface area contributed by atoms with Gasteiger partial charge in [-0.1, -0.05) is 19.1 Å². The molecule has 5 nitrogen and oxygen atoms in total. The summed E-state index contributed by atoms with van der Waals surface area (Å²) >= 11 is 5.04. The molecular weight excluding hydrogens is 274 g/mol. The number of imidazole rings is 1. The maximum absolute atomic E-state index is 5.70. The highest BCUT2D eigenvalue weighted by molar-refractivity contribution is 7.80. The second kappa shape index (κ2) is 5.28. The van der Waals surface area contributed by atoms with Crippen molar-refractivity contribution in [2.24, 2.45) is 5.73 Å². The molecule has 0 saturated carbocycles. The summed E-state index contributed by atoms with van der Waals surface area (Å²) in [6, 6.07) is 3.90. The van der Waals surface area contributed by atoms with Crippen LogP contribution in [-0.4, -0.2) is 27.8 Å². The zero-order chi connectivity index (χ0) is 14.1. The molecule has 0 aliphatic carbocycles. The van der Waals surface area contributed by atoms with E-state index in [4.69, 9.17) is 27.4 Å². The van der Waals surface area contributed by atoms with Crippen molar-refractivity contribution in [3.05, 3.63) is 18.0 Å². The van der Waals surface area contributed by atoms with Gasteiger partial charge in [0.15, 0.2) is 11.5 Å². The monoisotopic (exact) mass is 291 g/mol. The number of hydrogen-bond donors (Lipinski definition) is 1. The highest BCUT2D eigenvalue weighted by Crippen LogP contribution is 2.34. The molecule has 0 unspecified atom stereocenters. The van der Waals surface area contributed by atoms with Gasteiger partial charge in [0, 0.05) is 18.6 Å². The summed E-state index contributed by atoms with van der Waals surface area (Å²) in [4.78, 5) is 5.13. The number of nitrogens with two attached hydrogens (primary N) is 1. The number of fused-ring (bicyclic) bond motifs is 2. The Hall–Kier alpha value is -1.82. The van der Waals surface area contributed by atoms with E-state index in [9.17, 15) is 0 Å². The molecule has 3 rings (SSSR count). The topological polar surface area (TPSA) is 62.3 Å². The van der Waals surface area contributed by atoms with Crippen molar-refractivity contribution in [1.82, 2.24) is 9.55 Å². The van der Waals surface area contributed by atoms with Crippen LogP contribution in [0.15, 0.2) is 12.1 Å². The quantitative estimate of drug-likeness (QED) is 0.874. The van der Waals surface area contributed by atoms with Gasteiger partial charge in [0.1, 0.15) is 19.0 Å². The SMILES string of the molecule is CCCc1nc2cc3c(cc2n1CC(N)=S)OCCO3. The lowest BCUT2D eigenvalue weighted by Gasteiger charge is -2.18. The van der Waals surface area contributed by atoms with Gasteiger partial charge in [-0.25, -0.2) is 4.98 Å². The predicted molar refractivity (Wildman–Crippen MR) is 81.5 cm³/mol. The molecule has 0 spiro atoms. The average Bonchev–Trinajstić information content (AvgIpc) is 2.74. The second-order valence-corrected chi connectivity index (χ2v) is 5.34. The minimum atomic E-state index is 0.455. The minimum absolute atomic E-state index is 0.455. The maximum atomic E-state index is 5.70. The second-order valence-electron chi connectivity index (χ2n) is 4.82. The van der Waals surface area contributed by atoms with Crippen LogP contribution in [-0.2, 0) is 13.0 Å². The van der Waals surface area contributed by atoms with E-state index in [-0.39, 0.29) is 0 Å². The number of aromatic nitrogens is 2. The first-order valence-corrected chi connectivity index (χ1v) is 7.17. The van der Waals surface area contributed by atoms with Crippen LogP contribution in [0.1, 0.15) is 19.2 Å². The van der Waals surface area contributed by atoms with E-state index in [1.807, 2.05) is 12.1 Å². The van der Waals surface area contributed by atoms with Crippen molar-refractivity contribution in [3.8, 4) is 11.5 Å². The van der Waals surface area contributed by atoms with Crippen LogP contribution in [0.4, 0.5) is 0 Å². The van der Waals surface area contributed by atoms with E-state index in [2.05, 4.69) is 16.5 Å². The third-order valence-electron chi connectivity index (χ3n) is 3.28. The van der Waals surface area contributed by atoms with E-state index in [1.165, 1.54) is 0 Å². The third-order valence-corrected chi connectivity index (χ3v) is 3.41. The molecule has 0 bridgehead atoms. The van der Waals surface area contributed by atoms with Gasteiger partial charge in [-0.3, -0.25) is 0 Å². The van der Waals surface area contributed by atoms with Crippen LogP contribution >= 0.6 is 12.2 Å². The third kappa shape index (κ3) is 2.31. The standard InChI is InChI=1S/C14H17N3O2S/c1-2-3-14-16-9-6-11-12(19-5-4-18-11)7-10(9)17(14)8-13(15)20/h6-7H,2-5,8H2,1H3,(H2,15,20). The number of rotatable bonds is 4. The van der Waals surface area contributed by atoms with Crippen molar-refractivity contribution in [1.29, 1.82) is 0 Å². The van der Waals surface area contributed by atoms with E-state index < -0.39 is 0 Å². The van der Waals surface area contributed by atoms with E-state index >= 15 is 0 Å². The molecule has 0 fully saturated rings. The van der Waals surface area contributed by atoms with Gasteiger partial charge in [-0.15, -0.1) is 0 Å². The predicted octanol–water partition coefficient (Wildman–Crippen LogP) is 2.05. The van der Waals surface area contributed by atoms with Gasteiger partial charge in [0.2, 0.25) is 0 Å². The number of hydrogen-bond acceptors (Lipinski definition) is 4. The summed E-state index contributed by atoms with van der Waals surface area (Å²) in [5.74, 6) is 2.51. The van der Waals surface area contributed by atoms with Gasteiger partial charge in [0.05, 0.1) is 22.6 Å². The summed E-state index contributed by atoms with van der Waals surface area (Å²) in [5.41, 5.74) is 7.59. The van der Waals surface area contributed by atoms with E-state index in [0.29, 0.717) is 24.7 Å². The fourth-order valence-electron chi connectivity index (χ4n) is 2.46. The fourth-order valence-corrected chi connectivity index (χ4v) is 2.59. The molecule has 0 radical (unpaired) electrons. The first kappa shape index (κ1) is 13.2. The van der Waals surface area contributed by atoms with Crippen molar-refractivity contribution < 1.29 is 9.47 Å². The Morgan fingerprint density at radius 1 is 1.35 bits per heavy atom. The molecule has 1 aromatic carbocycles. The smallest absolute Gasteiger partial charge is 0.163 e. The molecule has 0 atom stereocenters. The summed E-state index contributed by atoms with van der Waals surface area (Å²) < 4.78 is 13.3. The normalized spacial score (nSPS) is 13.7. The molecular formula is C14H17N3O2S. The Morgan fingerprint density at radius 2 is 2.05 bits per heavy atom. The first-order chi connectivity index (χ1) is 9.69. The first-order valence-electron chi connectivity index (χ1n) is 6.76. The number of ether oxygens (including phenoxy) is 2. The summed E-state index contributed by atoms with van der Waals surface area (Å²) in [6.45, 7) is 3.78. The van der Waals surface area contributed by atoms with Gasteiger partial charge in [-0.2, -0.15) is 0 Å². The Labute approximate surface area is 122 Å². The van der Waals surface area contributed by atoms with Gasteiger partial charge in [-0.05, 0) is 6.42 Å². The average molecular weight is 291 g/mol. The van der Waals surface area contributed by atoms with Crippen LogP contribution in [0, 0.1) is 0 Å².